The summed E-state index contributed by atoms with van der Waals surface area (Å²) in [6, 6.07) is 10.2. The second kappa shape index (κ2) is 6.59. The van der Waals surface area contributed by atoms with Crippen molar-refractivity contribution < 1.29 is 9.59 Å². The molecule has 2 heterocycles. The van der Waals surface area contributed by atoms with Crippen LogP contribution in [0, 0.1) is 0 Å². The molecular formula is C20H24N4O2. The number of H-pyrrole nitrogens is 1. The third-order valence-electron chi connectivity index (χ3n) is 5.42. The lowest BCUT2D eigenvalue weighted by Gasteiger charge is -2.24. The van der Waals surface area contributed by atoms with Crippen LogP contribution in [0.5, 0.6) is 0 Å². The van der Waals surface area contributed by atoms with E-state index in [0.29, 0.717) is 18.7 Å². The van der Waals surface area contributed by atoms with E-state index in [9.17, 15) is 9.59 Å². The van der Waals surface area contributed by atoms with Crippen molar-refractivity contribution in [1.82, 2.24) is 20.4 Å². The van der Waals surface area contributed by atoms with E-state index >= 15 is 0 Å². The molecule has 1 aliphatic heterocycles. The highest BCUT2D eigenvalue weighted by atomic mass is 16.2. The first-order valence-corrected chi connectivity index (χ1v) is 9.23. The zero-order valence-electron chi connectivity index (χ0n) is 15.2. The van der Waals surface area contributed by atoms with E-state index in [1.54, 1.807) is 6.07 Å². The fourth-order valence-electron chi connectivity index (χ4n) is 3.95. The molecule has 2 amide bonds. The van der Waals surface area contributed by atoms with Crippen LogP contribution in [0.3, 0.4) is 0 Å². The van der Waals surface area contributed by atoms with Gasteiger partial charge in [-0.15, -0.1) is 0 Å². The maximum atomic E-state index is 12.5. The molecule has 1 saturated heterocycles. The summed E-state index contributed by atoms with van der Waals surface area (Å²) in [6.07, 6.45) is 2.17. The summed E-state index contributed by atoms with van der Waals surface area (Å²) in [7, 11) is 0. The van der Waals surface area contributed by atoms with Crippen molar-refractivity contribution in [2.45, 2.75) is 51.1 Å². The molecule has 136 valence electrons. The Hall–Kier alpha value is -2.63. The number of nitrogens with one attached hydrogen (secondary N) is 2. The summed E-state index contributed by atoms with van der Waals surface area (Å²) in [5.41, 5.74) is 3.97. The number of hydrogen-bond acceptors (Lipinski definition) is 3. The monoisotopic (exact) mass is 352 g/mol. The number of fused-ring (bicyclic) bond motifs is 1. The maximum absolute atomic E-state index is 12.5. The summed E-state index contributed by atoms with van der Waals surface area (Å²) < 4.78 is 0. The van der Waals surface area contributed by atoms with Crippen molar-refractivity contribution in [2.75, 3.05) is 6.54 Å². The molecule has 1 aliphatic carbocycles. The van der Waals surface area contributed by atoms with Gasteiger partial charge in [0.1, 0.15) is 5.69 Å². The summed E-state index contributed by atoms with van der Waals surface area (Å²) in [4.78, 5) is 26.9. The largest absolute Gasteiger partial charge is 0.346 e. The van der Waals surface area contributed by atoms with Gasteiger partial charge in [-0.2, -0.15) is 5.10 Å². The molecule has 0 saturated carbocycles. The Kier molecular flexibility index (Phi) is 4.26. The number of likely N-dealkylation sites (tertiary alicyclic amines) is 1. The number of aromatic amines is 1. The molecular weight excluding hydrogens is 328 g/mol. The Labute approximate surface area is 153 Å². The molecule has 4 rings (SSSR count). The summed E-state index contributed by atoms with van der Waals surface area (Å²) >= 11 is 0. The molecule has 6 heteroatoms. The second-order valence-corrected chi connectivity index (χ2v) is 7.61. The number of hydrogen-bond donors (Lipinski definition) is 2. The molecule has 0 radical (unpaired) electrons. The molecule has 1 atom stereocenters. The molecule has 0 spiro atoms. The normalized spacial score (nSPS) is 20.0. The smallest absolute Gasteiger partial charge is 0.272 e. The summed E-state index contributed by atoms with van der Waals surface area (Å²) in [5, 5.41) is 9.95. The van der Waals surface area contributed by atoms with Crippen LogP contribution in [0.2, 0.25) is 0 Å². The van der Waals surface area contributed by atoms with Gasteiger partial charge >= 0.3 is 0 Å². The molecule has 0 unspecified atom stereocenters. The molecule has 1 aromatic carbocycles. The minimum absolute atomic E-state index is 0.123. The van der Waals surface area contributed by atoms with Gasteiger partial charge in [0.25, 0.3) is 5.91 Å². The zero-order valence-corrected chi connectivity index (χ0v) is 15.2. The van der Waals surface area contributed by atoms with Gasteiger partial charge < -0.3 is 10.2 Å². The van der Waals surface area contributed by atoms with Gasteiger partial charge in [0.15, 0.2) is 0 Å². The third-order valence-corrected chi connectivity index (χ3v) is 5.42. The Morgan fingerprint density at radius 1 is 1.23 bits per heavy atom. The van der Waals surface area contributed by atoms with E-state index in [2.05, 4.69) is 27.6 Å². The fraction of sp³-hybridized carbons (Fsp3) is 0.450. The molecule has 1 fully saturated rings. The van der Waals surface area contributed by atoms with Crippen LogP contribution in [0.15, 0.2) is 30.3 Å². The van der Waals surface area contributed by atoms with Gasteiger partial charge in [0.05, 0.1) is 6.04 Å². The molecule has 6 nitrogen and oxygen atoms in total. The molecule has 2 aromatic rings. The molecule has 26 heavy (non-hydrogen) atoms. The van der Waals surface area contributed by atoms with Gasteiger partial charge in [-0.05, 0) is 36.0 Å². The van der Waals surface area contributed by atoms with Crippen LogP contribution in [-0.4, -0.2) is 45.5 Å². The summed E-state index contributed by atoms with van der Waals surface area (Å²) in [6.45, 7) is 4.66. The highest BCUT2D eigenvalue weighted by Crippen LogP contribution is 2.28. The third kappa shape index (κ3) is 3.11. The average Bonchev–Trinajstić information content (AvgIpc) is 3.31. The number of carbonyl (C=O) groups is 2. The van der Waals surface area contributed by atoms with E-state index in [4.69, 9.17) is 0 Å². The Balaban J connectivity index is 1.38. The lowest BCUT2D eigenvalue weighted by Crippen LogP contribution is -2.41. The maximum Gasteiger partial charge on any atom is 0.272 e. The standard InChI is InChI=1S/C20H24N4O2/c1-12(2)17-10-18(23-22-17)20(26)21-15-9-19(25)24(11-15)16-7-13-5-3-4-6-14(13)8-16/h3-6,10,12,15-16H,7-9,11H2,1-2H3,(H,21,26)(H,22,23)/t15-/m1/s1. The quantitative estimate of drug-likeness (QED) is 0.884. The van der Waals surface area contributed by atoms with Crippen LogP contribution in [0.1, 0.15) is 53.5 Å². The van der Waals surface area contributed by atoms with Crippen LogP contribution in [0.4, 0.5) is 0 Å². The van der Waals surface area contributed by atoms with Crippen molar-refractivity contribution in [1.29, 1.82) is 0 Å². The number of aromatic nitrogens is 2. The minimum Gasteiger partial charge on any atom is -0.346 e. The fourth-order valence-corrected chi connectivity index (χ4v) is 3.95. The van der Waals surface area contributed by atoms with Crippen molar-refractivity contribution in [3.8, 4) is 0 Å². The van der Waals surface area contributed by atoms with Crippen LogP contribution in [0.25, 0.3) is 0 Å². The lowest BCUT2D eigenvalue weighted by molar-refractivity contribution is -0.129. The topological polar surface area (TPSA) is 78.1 Å². The number of nitrogens with zero attached hydrogens (tertiary/aromatic N) is 2. The molecule has 2 N–H and O–H groups in total. The molecule has 1 aromatic heterocycles. The van der Waals surface area contributed by atoms with E-state index < -0.39 is 0 Å². The number of carbonyl (C=O) groups excluding carboxylic acids is 2. The van der Waals surface area contributed by atoms with Gasteiger partial charge in [0.2, 0.25) is 5.91 Å². The molecule has 0 bridgehead atoms. The van der Waals surface area contributed by atoms with Crippen LogP contribution < -0.4 is 5.32 Å². The minimum atomic E-state index is -0.220. The van der Waals surface area contributed by atoms with Crippen LogP contribution >= 0.6 is 0 Å². The van der Waals surface area contributed by atoms with E-state index in [1.807, 2.05) is 30.9 Å². The number of benzene rings is 1. The van der Waals surface area contributed by atoms with E-state index in [-0.39, 0.29) is 29.8 Å². The van der Waals surface area contributed by atoms with Crippen molar-refractivity contribution in [3.63, 3.8) is 0 Å². The van der Waals surface area contributed by atoms with Crippen molar-refractivity contribution >= 4 is 11.8 Å². The SMILES string of the molecule is CC(C)c1cc(C(=O)N[C@@H]2CC(=O)N(C3Cc4ccccc4C3)C2)n[nH]1. The number of amides is 2. The van der Waals surface area contributed by atoms with Gasteiger partial charge in [-0.1, -0.05) is 38.1 Å². The van der Waals surface area contributed by atoms with Gasteiger partial charge in [0, 0.05) is 24.7 Å². The lowest BCUT2D eigenvalue weighted by atomic mass is 10.1. The van der Waals surface area contributed by atoms with Crippen LogP contribution in [-0.2, 0) is 17.6 Å². The van der Waals surface area contributed by atoms with Crippen molar-refractivity contribution in [2.24, 2.45) is 0 Å². The van der Waals surface area contributed by atoms with E-state index in [1.165, 1.54) is 11.1 Å². The zero-order chi connectivity index (χ0) is 18.3. The first-order valence-electron chi connectivity index (χ1n) is 9.23. The number of rotatable bonds is 4. The average molecular weight is 352 g/mol. The highest BCUT2D eigenvalue weighted by Gasteiger charge is 2.37. The second-order valence-electron chi connectivity index (χ2n) is 7.61. The van der Waals surface area contributed by atoms with Crippen molar-refractivity contribution in [3.05, 3.63) is 52.8 Å². The predicted molar refractivity (Wildman–Crippen MR) is 97.9 cm³/mol. The Bertz CT molecular complexity index is 817. The van der Waals surface area contributed by atoms with E-state index in [0.717, 1.165) is 18.5 Å². The first kappa shape index (κ1) is 16.8. The van der Waals surface area contributed by atoms with Gasteiger partial charge in [-0.25, -0.2) is 0 Å². The Morgan fingerprint density at radius 2 is 1.92 bits per heavy atom. The van der Waals surface area contributed by atoms with Gasteiger partial charge in [-0.3, -0.25) is 14.7 Å². The predicted octanol–water partition coefficient (Wildman–Crippen LogP) is 2.03. The first-order chi connectivity index (χ1) is 12.5. The highest BCUT2D eigenvalue weighted by molar-refractivity contribution is 5.93. The summed E-state index contributed by atoms with van der Waals surface area (Å²) in [5.74, 6) is 0.192. The Morgan fingerprint density at radius 3 is 2.54 bits per heavy atom. The molecule has 2 aliphatic rings.